The van der Waals surface area contributed by atoms with Gasteiger partial charge in [0, 0.05) is 35.7 Å². The number of fused-ring (bicyclic) bond motifs is 1. The van der Waals surface area contributed by atoms with E-state index in [1.807, 2.05) is 0 Å². The zero-order chi connectivity index (χ0) is 25.7. The second kappa shape index (κ2) is 9.15. The van der Waals surface area contributed by atoms with E-state index in [-0.39, 0.29) is 35.8 Å². The van der Waals surface area contributed by atoms with E-state index in [1.165, 1.54) is 17.0 Å². The molecule has 35 heavy (non-hydrogen) atoms. The van der Waals surface area contributed by atoms with Crippen molar-refractivity contribution in [3.63, 3.8) is 0 Å². The number of halogens is 3. The van der Waals surface area contributed by atoms with Gasteiger partial charge in [0.1, 0.15) is 21.7 Å². The Balaban J connectivity index is 1.50. The summed E-state index contributed by atoms with van der Waals surface area (Å²) in [6.07, 6.45) is 0.319. The molecule has 2 aromatic carbocycles. The summed E-state index contributed by atoms with van der Waals surface area (Å²) in [5, 5.41) is 2.18. The number of nitrogens with one attached hydrogen (secondary N) is 1. The van der Waals surface area contributed by atoms with Crippen molar-refractivity contribution in [2.75, 3.05) is 0 Å². The van der Waals surface area contributed by atoms with Gasteiger partial charge in [-0.1, -0.05) is 40.7 Å². The summed E-state index contributed by atoms with van der Waals surface area (Å²) in [6.45, 7) is -0.305. The first-order valence-electron chi connectivity index (χ1n) is 10.5. The molecule has 0 saturated carbocycles. The third-order valence-corrected chi connectivity index (χ3v) is 6.37. The number of carbonyl (C=O) groups excluding carboxylic acids is 4. The topological polar surface area (TPSA) is 86.8 Å². The quantitative estimate of drug-likeness (QED) is 0.468. The molecule has 1 N–H and O–H groups in total. The van der Waals surface area contributed by atoms with E-state index < -0.39 is 47.3 Å². The van der Waals surface area contributed by atoms with Gasteiger partial charge in [0.05, 0.1) is 0 Å². The first kappa shape index (κ1) is 25.0. The monoisotopic (exact) mass is 491 g/mol. The minimum atomic E-state index is -4.08. The van der Waals surface area contributed by atoms with Crippen LogP contribution in [-0.2, 0) is 33.4 Å². The van der Waals surface area contributed by atoms with Gasteiger partial charge < -0.3 is 9.71 Å². The van der Waals surface area contributed by atoms with Crippen LogP contribution in [0.15, 0.2) is 30.3 Å². The van der Waals surface area contributed by atoms with Crippen molar-refractivity contribution in [3.05, 3.63) is 57.6 Å². The third-order valence-electron chi connectivity index (χ3n) is 6.04. The highest BCUT2D eigenvalue weighted by Gasteiger charge is 2.44. The van der Waals surface area contributed by atoms with E-state index in [9.17, 15) is 28.0 Å². The Morgan fingerprint density at radius 3 is 2.57 bits per heavy atom. The highest BCUT2D eigenvalue weighted by Crippen LogP contribution is 2.31. The van der Waals surface area contributed by atoms with E-state index in [4.69, 9.17) is 35.3 Å². The second-order valence-corrected chi connectivity index (χ2v) is 8.73. The number of imide groups is 1. The van der Waals surface area contributed by atoms with E-state index in [2.05, 4.69) is 5.32 Å². The van der Waals surface area contributed by atoms with E-state index in [0.29, 0.717) is 21.5 Å². The van der Waals surface area contributed by atoms with Crippen LogP contribution in [0.1, 0.15) is 39.9 Å². The summed E-state index contributed by atoms with van der Waals surface area (Å²) in [4.78, 5) is 50.6. The van der Waals surface area contributed by atoms with Gasteiger partial charge in [0.25, 0.3) is 11.8 Å². The summed E-state index contributed by atoms with van der Waals surface area (Å²) in [6, 6.07) is 5.73. The maximum Gasteiger partial charge on any atom is 0.348 e. The van der Waals surface area contributed by atoms with Crippen LogP contribution < -0.4 is 16.2 Å². The fourth-order valence-electron chi connectivity index (χ4n) is 4.17. The molecule has 2 aliphatic rings. The number of hydrogen-bond donors (Lipinski definition) is 1. The Kier molecular flexibility index (Phi) is 6.53. The molecular weight excluding hydrogens is 476 g/mol. The lowest BCUT2D eigenvalue weighted by molar-refractivity contribution is -0.154. The molecule has 2 aromatic rings. The molecule has 0 bridgehead atoms. The lowest BCUT2D eigenvalue weighted by Crippen LogP contribution is -2.52. The van der Waals surface area contributed by atoms with E-state index >= 15 is 0 Å². The molecule has 1 saturated heterocycles. The largest absolute Gasteiger partial charge is 0.387 e. The Morgan fingerprint density at radius 1 is 1.17 bits per heavy atom. The molecule has 7 nitrogen and oxygen atoms in total. The number of rotatable bonds is 5. The van der Waals surface area contributed by atoms with Crippen molar-refractivity contribution < 1.29 is 28.0 Å². The third kappa shape index (κ3) is 4.47. The SMILES string of the molecule is [B]c1c(Cl)ccc(C(F)(F)C(=O)N([B])Cc2ccc3c(c2)CN(C2CCC(=O)NC2=O)C3=O)c1[B]. The summed E-state index contributed by atoms with van der Waals surface area (Å²) in [5.41, 5.74) is -0.350. The van der Waals surface area contributed by atoms with Crippen LogP contribution in [0.3, 0.4) is 0 Å². The van der Waals surface area contributed by atoms with E-state index in [0.717, 1.165) is 12.1 Å². The van der Waals surface area contributed by atoms with Crippen molar-refractivity contribution in [3.8, 4) is 0 Å². The van der Waals surface area contributed by atoms with Gasteiger partial charge >= 0.3 is 5.92 Å². The number of amides is 4. The number of hydrogen-bond acceptors (Lipinski definition) is 4. The van der Waals surface area contributed by atoms with Crippen LogP contribution in [0.5, 0.6) is 0 Å². The molecule has 13 heteroatoms. The fourth-order valence-corrected chi connectivity index (χ4v) is 4.34. The van der Waals surface area contributed by atoms with Gasteiger partial charge in [0.2, 0.25) is 19.8 Å². The molecule has 1 fully saturated rings. The molecule has 2 heterocycles. The average Bonchev–Trinajstić information content (AvgIpc) is 3.12. The summed E-state index contributed by atoms with van der Waals surface area (Å²) >= 11 is 5.78. The van der Waals surface area contributed by atoms with Crippen molar-refractivity contribution in [1.29, 1.82) is 0 Å². The van der Waals surface area contributed by atoms with Gasteiger partial charge in [-0.15, -0.1) is 0 Å². The maximum atomic E-state index is 14.9. The van der Waals surface area contributed by atoms with Gasteiger partial charge in [-0.3, -0.25) is 24.5 Å². The van der Waals surface area contributed by atoms with Crippen molar-refractivity contribution in [2.45, 2.75) is 37.9 Å². The summed E-state index contributed by atoms with van der Waals surface area (Å²) in [7, 11) is 16.9. The number of benzene rings is 2. The van der Waals surface area contributed by atoms with Crippen LogP contribution in [-0.4, -0.2) is 63.1 Å². The first-order chi connectivity index (χ1) is 16.4. The van der Waals surface area contributed by atoms with Crippen LogP contribution in [0.4, 0.5) is 8.78 Å². The predicted molar refractivity (Wildman–Crippen MR) is 125 cm³/mol. The molecule has 6 radical (unpaired) electrons. The molecule has 0 aromatic heterocycles. The number of carbonyl (C=O) groups is 4. The molecule has 1 unspecified atom stereocenters. The van der Waals surface area contributed by atoms with Gasteiger partial charge in [-0.2, -0.15) is 8.78 Å². The lowest BCUT2D eigenvalue weighted by atomic mass is 9.76. The van der Waals surface area contributed by atoms with Crippen molar-refractivity contribution in [1.82, 2.24) is 15.0 Å². The first-order valence-corrected chi connectivity index (χ1v) is 10.8. The Labute approximate surface area is 208 Å². The standard InChI is InChI=1S/C22H15B3ClF2N3O4/c23-17-13(3-4-14(26)18(17)24)22(27,28)21(35)31(25)8-10-1-2-12-11(7-10)9-30(20(12)34)15-5-6-16(32)29-19(15)33/h1-4,7,15H,5-6,8-9H2,(H,29,32,33). The minimum absolute atomic E-state index is 0.0295. The summed E-state index contributed by atoms with van der Waals surface area (Å²) < 4.78 is 29.8. The highest BCUT2D eigenvalue weighted by atomic mass is 35.5. The lowest BCUT2D eigenvalue weighted by Gasteiger charge is -2.29. The maximum absolute atomic E-state index is 14.9. The fraction of sp³-hybridized carbons (Fsp3) is 0.273. The Hall–Kier alpha value is -3.14. The molecule has 1 atom stereocenters. The highest BCUT2D eigenvalue weighted by molar-refractivity contribution is 6.55. The van der Waals surface area contributed by atoms with E-state index in [1.54, 1.807) is 6.07 Å². The molecule has 172 valence electrons. The number of nitrogens with zero attached hydrogens (tertiary/aromatic N) is 2. The number of alkyl halides is 2. The van der Waals surface area contributed by atoms with Crippen molar-refractivity contribution in [2.24, 2.45) is 0 Å². The Morgan fingerprint density at radius 2 is 1.89 bits per heavy atom. The molecule has 4 rings (SSSR count). The van der Waals surface area contributed by atoms with Gasteiger partial charge in [-0.25, -0.2) is 0 Å². The minimum Gasteiger partial charge on any atom is -0.387 e. The molecule has 0 aliphatic carbocycles. The molecule has 4 amide bonds. The predicted octanol–water partition coefficient (Wildman–Crippen LogP) is -0.107. The van der Waals surface area contributed by atoms with Gasteiger partial charge in [-0.05, 0) is 29.7 Å². The van der Waals surface area contributed by atoms with Crippen molar-refractivity contribution >= 4 is 69.8 Å². The smallest absolute Gasteiger partial charge is 0.348 e. The molecule has 2 aliphatic heterocycles. The Bertz CT molecular complexity index is 1280. The normalized spacial score (nSPS) is 17.9. The molecule has 0 spiro atoms. The van der Waals surface area contributed by atoms with Crippen LogP contribution in [0, 0.1) is 0 Å². The van der Waals surface area contributed by atoms with Gasteiger partial charge in [0.15, 0.2) is 0 Å². The van der Waals surface area contributed by atoms with Crippen LogP contribution in [0.2, 0.25) is 5.02 Å². The zero-order valence-electron chi connectivity index (χ0n) is 18.2. The number of piperidine rings is 1. The average molecular weight is 491 g/mol. The van der Waals surface area contributed by atoms with Crippen LogP contribution >= 0.6 is 11.6 Å². The summed E-state index contributed by atoms with van der Waals surface area (Å²) in [5.74, 6) is -7.13. The zero-order valence-corrected chi connectivity index (χ0v) is 18.9. The molecular formula is C22H15B3ClF2N3O4. The second-order valence-electron chi connectivity index (χ2n) is 8.32. The van der Waals surface area contributed by atoms with Crippen LogP contribution in [0.25, 0.3) is 0 Å².